The quantitative estimate of drug-likeness (QED) is 0.191. The first-order valence-electron chi connectivity index (χ1n) is 10.2. The van der Waals surface area contributed by atoms with Crippen LogP contribution in [0.1, 0.15) is 18.1 Å². The molecule has 8 heteroatoms. The molecule has 2 aromatic rings. The smallest absolute Gasteiger partial charge is 0.371 e. The highest BCUT2D eigenvalue weighted by Gasteiger charge is 2.10. The maximum absolute atomic E-state index is 11.2. The first-order valence-corrected chi connectivity index (χ1v) is 10.2. The fourth-order valence-corrected chi connectivity index (χ4v) is 2.71. The molecule has 0 aliphatic carbocycles. The highest BCUT2D eigenvalue weighted by atomic mass is 16.7. The Morgan fingerprint density at radius 3 is 2.41 bits per heavy atom. The highest BCUT2D eigenvalue weighted by Crippen LogP contribution is 2.29. The second-order valence-corrected chi connectivity index (χ2v) is 6.56. The van der Waals surface area contributed by atoms with Crippen LogP contribution >= 0.6 is 0 Å². The first-order chi connectivity index (χ1) is 15.6. The molecule has 0 saturated heterocycles. The third-order valence-corrected chi connectivity index (χ3v) is 4.31. The van der Waals surface area contributed by atoms with Crippen molar-refractivity contribution in [3.8, 4) is 17.2 Å². The highest BCUT2D eigenvalue weighted by molar-refractivity contribution is 5.90. The summed E-state index contributed by atoms with van der Waals surface area (Å²) in [5.41, 5.74) is 1.74. The lowest BCUT2D eigenvalue weighted by Gasteiger charge is -2.12. The van der Waals surface area contributed by atoms with Gasteiger partial charge < -0.3 is 33.5 Å². The van der Waals surface area contributed by atoms with E-state index in [9.17, 15) is 9.90 Å². The van der Waals surface area contributed by atoms with Crippen molar-refractivity contribution >= 4 is 12.0 Å². The zero-order chi connectivity index (χ0) is 23.2. The van der Waals surface area contributed by atoms with Crippen LogP contribution in [0.2, 0.25) is 0 Å². The number of ether oxygens (including phenoxy) is 6. The van der Waals surface area contributed by atoms with Crippen molar-refractivity contribution in [3.63, 3.8) is 0 Å². The summed E-state index contributed by atoms with van der Waals surface area (Å²) in [6.45, 7) is 3.64. The van der Waals surface area contributed by atoms with Gasteiger partial charge in [-0.2, -0.15) is 0 Å². The van der Waals surface area contributed by atoms with Gasteiger partial charge in [0.1, 0.15) is 5.75 Å². The Morgan fingerprint density at radius 1 is 0.969 bits per heavy atom. The predicted octanol–water partition coefficient (Wildman–Crippen LogP) is 3.78. The van der Waals surface area contributed by atoms with Crippen molar-refractivity contribution < 1.29 is 38.3 Å². The van der Waals surface area contributed by atoms with Crippen LogP contribution in [-0.4, -0.2) is 58.5 Å². The summed E-state index contributed by atoms with van der Waals surface area (Å²) in [5.74, 6) is 0.562. The molecule has 0 aliphatic heterocycles. The number of carboxylic acid groups (broad SMARTS) is 1. The summed E-state index contributed by atoms with van der Waals surface area (Å²) in [5, 5.41) is 9.19. The number of methoxy groups -OCH3 is 2. The molecule has 0 aromatic heterocycles. The molecular formula is C24H30O8. The van der Waals surface area contributed by atoms with E-state index < -0.39 is 5.97 Å². The molecule has 0 aliphatic rings. The molecule has 32 heavy (non-hydrogen) atoms. The van der Waals surface area contributed by atoms with Gasteiger partial charge in [-0.3, -0.25) is 0 Å². The molecule has 0 radical (unpaired) electrons. The van der Waals surface area contributed by atoms with E-state index in [2.05, 4.69) is 0 Å². The zero-order valence-electron chi connectivity index (χ0n) is 18.7. The standard InChI is InChI=1S/C24H30O8/c1-4-30-23(24(25)26)16-19-7-10-21(22(15-19)28-3)31-12-11-18-5-8-20(9-6-18)32-17-29-14-13-27-2/h5-10,15-16H,4,11-14,17H2,1-3H3,(H,25,26)/b23-16-. The molecule has 0 spiro atoms. The minimum atomic E-state index is -1.12. The fraction of sp³-hybridized carbons (Fsp3) is 0.375. The van der Waals surface area contributed by atoms with E-state index in [1.807, 2.05) is 24.3 Å². The Labute approximate surface area is 188 Å². The van der Waals surface area contributed by atoms with Gasteiger partial charge in [0, 0.05) is 13.5 Å². The average molecular weight is 446 g/mol. The lowest BCUT2D eigenvalue weighted by Crippen LogP contribution is -2.07. The van der Waals surface area contributed by atoms with Gasteiger partial charge in [0.25, 0.3) is 0 Å². The van der Waals surface area contributed by atoms with E-state index in [0.717, 1.165) is 11.3 Å². The van der Waals surface area contributed by atoms with Crippen LogP contribution in [-0.2, 0) is 25.4 Å². The van der Waals surface area contributed by atoms with Gasteiger partial charge in [0.2, 0.25) is 5.76 Å². The van der Waals surface area contributed by atoms with Crippen LogP contribution in [0, 0.1) is 0 Å². The van der Waals surface area contributed by atoms with Crippen molar-refractivity contribution in [1.82, 2.24) is 0 Å². The third kappa shape index (κ3) is 8.49. The molecule has 8 nitrogen and oxygen atoms in total. The van der Waals surface area contributed by atoms with E-state index in [4.69, 9.17) is 28.4 Å². The van der Waals surface area contributed by atoms with E-state index >= 15 is 0 Å². The van der Waals surface area contributed by atoms with Crippen LogP contribution < -0.4 is 14.2 Å². The fourth-order valence-electron chi connectivity index (χ4n) is 2.71. The number of aliphatic carboxylic acids is 1. The van der Waals surface area contributed by atoms with Gasteiger partial charge >= 0.3 is 5.97 Å². The van der Waals surface area contributed by atoms with E-state index in [-0.39, 0.29) is 19.2 Å². The predicted molar refractivity (Wildman–Crippen MR) is 119 cm³/mol. The molecule has 0 atom stereocenters. The van der Waals surface area contributed by atoms with Gasteiger partial charge in [0.15, 0.2) is 18.3 Å². The molecule has 0 unspecified atom stereocenters. The lowest BCUT2D eigenvalue weighted by molar-refractivity contribution is -0.136. The molecule has 174 valence electrons. The van der Waals surface area contributed by atoms with Crippen molar-refractivity contribution in [1.29, 1.82) is 0 Å². The van der Waals surface area contributed by atoms with Gasteiger partial charge in [0.05, 0.1) is 33.5 Å². The minimum Gasteiger partial charge on any atom is -0.493 e. The molecular weight excluding hydrogens is 416 g/mol. The molecule has 0 bridgehead atoms. The molecule has 0 heterocycles. The van der Waals surface area contributed by atoms with Gasteiger partial charge in [-0.25, -0.2) is 4.79 Å². The third-order valence-electron chi connectivity index (χ3n) is 4.31. The number of hydrogen-bond acceptors (Lipinski definition) is 7. The molecule has 0 amide bonds. The molecule has 0 fully saturated rings. The zero-order valence-corrected chi connectivity index (χ0v) is 18.7. The monoisotopic (exact) mass is 446 g/mol. The van der Waals surface area contributed by atoms with Crippen LogP contribution in [0.3, 0.4) is 0 Å². The van der Waals surface area contributed by atoms with Crippen LogP contribution in [0.4, 0.5) is 0 Å². The van der Waals surface area contributed by atoms with Crippen molar-refractivity contribution in [2.24, 2.45) is 0 Å². The number of rotatable bonds is 15. The van der Waals surface area contributed by atoms with Gasteiger partial charge in [-0.05, 0) is 48.4 Å². The molecule has 2 rings (SSSR count). The van der Waals surface area contributed by atoms with Gasteiger partial charge in [-0.15, -0.1) is 0 Å². The van der Waals surface area contributed by atoms with Crippen LogP contribution in [0.15, 0.2) is 48.2 Å². The number of benzene rings is 2. The van der Waals surface area contributed by atoms with Crippen molar-refractivity contribution in [2.75, 3.05) is 47.4 Å². The Morgan fingerprint density at radius 2 is 1.75 bits per heavy atom. The summed E-state index contributed by atoms with van der Waals surface area (Å²) in [7, 11) is 3.16. The van der Waals surface area contributed by atoms with E-state index in [1.54, 1.807) is 32.2 Å². The normalized spacial score (nSPS) is 11.2. The topological polar surface area (TPSA) is 92.7 Å². The number of carboxylic acids is 1. The minimum absolute atomic E-state index is 0.128. The number of hydrogen-bond donors (Lipinski definition) is 1. The summed E-state index contributed by atoms with van der Waals surface area (Å²) in [6, 6.07) is 12.9. The maximum atomic E-state index is 11.2. The Bertz CT molecular complexity index is 861. The van der Waals surface area contributed by atoms with E-state index in [0.29, 0.717) is 43.3 Å². The van der Waals surface area contributed by atoms with Crippen LogP contribution in [0.5, 0.6) is 17.2 Å². The van der Waals surface area contributed by atoms with Gasteiger partial charge in [-0.1, -0.05) is 18.2 Å². The first kappa shape index (κ1) is 25.0. The molecule has 2 aromatic carbocycles. The second kappa shape index (κ2) is 14.0. The summed E-state index contributed by atoms with van der Waals surface area (Å²) in [4.78, 5) is 11.2. The van der Waals surface area contributed by atoms with Crippen LogP contribution in [0.25, 0.3) is 6.08 Å². The summed E-state index contributed by atoms with van der Waals surface area (Å²) in [6.07, 6.45) is 2.15. The SMILES string of the molecule is CCO/C(=C\c1ccc(OCCc2ccc(OCOCCOC)cc2)c(OC)c1)C(=O)O. The largest absolute Gasteiger partial charge is 0.493 e. The second-order valence-electron chi connectivity index (χ2n) is 6.56. The van der Waals surface area contributed by atoms with E-state index in [1.165, 1.54) is 13.2 Å². The number of carbonyl (C=O) groups is 1. The van der Waals surface area contributed by atoms with Crippen molar-refractivity contribution in [2.45, 2.75) is 13.3 Å². The maximum Gasteiger partial charge on any atom is 0.371 e. The Kier molecular flexibility index (Phi) is 10.9. The lowest BCUT2D eigenvalue weighted by atomic mass is 10.1. The summed E-state index contributed by atoms with van der Waals surface area (Å²) < 4.78 is 32.1. The molecule has 1 N–H and O–H groups in total. The van der Waals surface area contributed by atoms with Crippen molar-refractivity contribution in [3.05, 3.63) is 59.4 Å². The Balaban J connectivity index is 1.88. The average Bonchev–Trinajstić information content (AvgIpc) is 2.80. The Hall–Kier alpha value is -3.23. The summed E-state index contributed by atoms with van der Waals surface area (Å²) >= 11 is 0. The molecule has 0 saturated carbocycles.